The lowest BCUT2D eigenvalue weighted by atomic mass is 10.2. The number of nitrogens with one attached hydrogen (secondary N) is 2. The smallest absolute Gasteiger partial charge is 0.269 e. The van der Waals surface area contributed by atoms with Crippen molar-refractivity contribution in [3.63, 3.8) is 0 Å². The van der Waals surface area contributed by atoms with E-state index in [2.05, 4.69) is 10.6 Å². The number of nitrogens with zero attached hydrogens (tertiary/aromatic N) is 1. The van der Waals surface area contributed by atoms with Gasteiger partial charge in [0, 0.05) is 16.4 Å². The molecule has 0 aliphatic carbocycles. The molecule has 7 heteroatoms. The Morgan fingerprint density at radius 2 is 1.88 bits per heavy atom. The molecule has 0 saturated heterocycles. The van der Waals surface area contributed by atoms with Gasteiger partial charge in [-0.15, -0.1) is 11.8 Å². The lowest BCUT2D eigenvalue weighted by Crippen LogP contribution is -2.16. The van der Waals surface area contributed by atoms with Crippen LogP contribution in [0.2, 0.25) is 5.02 Å². The van der Waals surface area contributed by atoms with Gasteiger partial charge in [-0.3, -0.25) is 4.79 Å². The number of amides is 1. The minimum Gasteiger partial charge on any atom is -0.497 e. The molecule has 0 aliphatic heterocycles. The van der Waals surface area contributed by atoms with Crippen molar-refractivity contribution in [2.45, 2.75) is 0 Å². The van der Waals surface area contributed by atoms with Crippen LogP contribution in [0, 0.1) is 11.3 Å². The Bertz CT molecular complexity index is 829. The summed E-state index contributed by atoms with van der Waals surface area (Å²) in [7, 11) is 1.57. The molecule has 0 radical (unpaired) electrons. The summed E-state index contributed by atoms with van der Waals surface area (Å²) in [5.41, 5.74) is 1.26. The van der Waals surface area contributed by atoms with Crippen molar-refractivity contribution in [2.24, 2.45) is 0 Å². The fourth-order valence-electron chi connectivity index (χ4n) is 1.99. The van der Waals surface area contributed by atoms with Crippen LogP contribution < -0.4 is 15.4 Å². The number of thioether (sulfide) groups is 1. The van der Waals surface area contributed by atoms with Crippen LogP contribution in [0.1, 0.15) is 0 Å². The average molecular weight is 374 g/mol. The highest BCUT2D eigenvalue weighted by atomic mass is 35.5. The highest BCUT2D eigenvalue weighted by molar-refractivity contribution is 8.02. The fourth-order valence-corrected chi connectivity index (χ4v) is 2.74. The molecule has 25 heavy (non-hydrogen) atoms. The molecule has 2 N–H and O–H groups in total. The van der Waals surface area contributed by atoms with Gasteiger partial charge in [-0.05, 0) is 48.7 Å². The van der Waals surface area contributed by atoms with Gasteiger partial charge < -0.3 is 15.4 Å². The van der Waals surface area contributed by atoms with E-state index in [4.69, 9.17) is 16.3 Å². The number of hydrogen-bond acceptors (Lipinski definition) is 5. The molecule has 128 valence electrons. The third kappa shape index (κ3) is 5.18. The standard InChI is InChI=1S/C18H16ClN3O2S/c1-24-15-8-6-13(7-9-15)21-17(23)16(11-20)18(25-2)22-14-5-3-4-12(19)10-14/h3-10,22H,1-2H3,(H,21,23). The zero-order valence-corrected chi connectivity index (χ0v) is 15.2. The maximum absolute atomic E-state index is 12.5. The van der Waals surface area contributed by atoms with E-state index in [1.165, 1.54) is 11.8 Å². The Morgan fingerprint density at radius 3 is 2.44 bits per heavy atom. The van der Waals surface area contributed by atoms with Gasteiger partial charge in [0.25, 0.3) is 5.91 Å². The molecule has 0 aliphatic rings. The number of ether oxygens (including phenoxy) is 1. The SMILES string of the molecule is COc1ccc(NC(=O)C(C#N)=C(Nc2cccc(Cl)c2)SC)cc1. The largest absolute Gasteiger partial charge is 0.497 e. The lowest BCUT2D eigenvalue weighted by molar-refractivity contribution is -0.112. The van der Waals surface area contributed by atoms with Gasteiger partial charge in [-0.1, -0.05) is 17.7 Å². The first-order valence-corrected chi connectivity index (χ1v) is 8.84. The summed E-state index contributed by atoms with van der Waals surface area (Å²) in [6.07, 6.45) is 1.78. The number of rotatable bonds is 6. The zero-order chi connectivity index (χ0) is 18.2. The first-order chi connectivity index (χ1) is 12.1. The van der Waals surface area contributed by atoms with Crippen LogP contribution in [-0.4, -0.2) is 19.3 Å². The van der Waals surface area contributed by atoms with Gasteiger partial charge in [0.15, 0.2) is 0 Å². The van der Waals surface area contributed by atoms with Gasteiger partial charge in [-0.25, -0.2) is 0 Å². The predicted octanol–water partition coefficient (Wildman–Crippen LogP) is 4.50. The molecule has 0 bridgehead atoms. The third-order valence-electron chi connectivity index (χ3n) is 3.20. The van der Waals surface area contributed by atoms with Crippen molar-refractivity contribution >= 4 is 40.6 Å². The first-order valence-electron chi connectivity index (χ1n) is 7.23. The molecule has 0 spiro atoms. The monoisotopic (exact) mass is 373 g/mol. The van der Waals surface area contributed by atoms with Gasteiger partial charge >= 0.3 is 0 Å². The minimum absolute atomic E-state index is 0.0108. The Hall–Kier alpha value is -2.62. The molecule has 0 fully saturated rings. The number of hydrogen-bond donors (Lipinski definition) is 2. The van der Waals surface area contributed by atoms with Crippen molar-refractivity contribution in [1.29, 1.82) is 5.26 Å². The Balaban J connectivity index is 2.22. The number of carbonyl (C=O) groups excluding carboxylic acids is 1. The molecule has 0 saturated carbocycles. The van der Waals surface area contributed by atoms with Gasteiger partial charge in [0.2, 0.25) is 0 Å². The second-order valence-corrected chi connectivity index (χ2v) is 6.09. The van der Waals surface area contributed by atoms with Crippen molar-refractivity contribution < 1.29 is 9.53 Å². The Kier molecular flexibility index (Phi) is 6.75. The zero-order valence-electron chi connectivity index (χ0n) is 13.7. The molecular formula is C18H16ClN3O2S. The predicted molar refractivity (Wildman–Crippen MR) is 103 cm³/mol. The molecule has 0 heterocycles. The summed E-state index contributed by atoms with van der Waals surface area (Å²) in [6.45, 7) is 0. The molecule has 0 unspecified atom stereocenters. The molecule has 2 aromatic rings. The topological polar surface area (TPSA) is 74.1 Å². The van der Waals surface area contributed by atoms with E-state index in [1.54, 1.807) is 61.9 Å². The maximum Gasteiger partial charge on any atom is 0.269 e. The van der Waals surface area contributed by atoms with Gasteiger partial charge in [0.05, 0.1) is 12.1 Å². The Labute approximate surface area is 155 Å². The molecular weight excluding hydrogens is 358 g/mol. The molecule has 2 rings (SSSR count). The highest BCUT2D eigenvalue weighted by Crippen LogP contribution is 2.24. The molecule has 2 aromatic carbocycles. The van der Waals surface area contributed by atoms with Crippen LogP contribution in [0.15, 0.2) is 59.1 Å². The number of anilines is 2. The molecule has 5 nitrogen and oxygen atoms in total. The van der Waals surface area contributed by atoms with E-state index in [9.17, 15) is 10.1 Å². The number of carbonyl (C=O) groups is 1. The van der Waals surface area contributed by atoms with Gasteiger partial charge in [-0.2, -0.15) is 5.26 Å². The van der Waals surface area contributed by atoms with Crippen LogP contribution >= 0.6 is 23.4 Å². The maximum atomic E-state index is 12.5. The third-order valence-corrected chi connectivity index (χ3v) is 4.15. The number of benzene rings is 2. The fraction of sp³-hybridized carbons (Fsp3) is 0.111. The summed E-state index contributed by atoms with van der Waals surface area (Å²) in [6, 6.07) is 15.9. The Morgan fingerprint density at radius 1 is 1.16 bits per heavy atom. The van der Waals surface area contributed by atoms with Crippen molar-refractivity contribution in [1.82, 2.24) is 0 Å². The van der Waals surface area contributed by atoms with Crippen LogP contribution in [0.5, 0.6) is 5.75 Å². The quantitative estimate of drug-likeness (QED) is 0.576. The summed E-state index contributed by atoms with van der Waals surface area (Å²) in [4.78, 5) is 12.5. The van der Waals surface area contributed by atoms with Crippen LogP contribution in [-0.2, 0) is 4.79 Å². The van der Waals surface area contributed by atoms with Crippen LogP contribution in [0.3, 0.4) is 0 Å². The van der Waals surface area contributed by atoms with E-state index in [1.807, 2.05) is 6.07 Å². The highest BCUT2D eigenvalue weighted by Gasteiger charge is 2.16. The van der Waals surface area contributed by atoms with E-state index in [0.29, 0.717) is 27.2 Å². The van der Waals surface area contributed by atoms with Crippen molar-refractivity contribution in [3.05, 3.63) is 64.2 Å². The second-order valence-electron chi connectivity index (χ2n) is 4.84. The van der Waals surface area contributed by atoms with E-state index in [-0.39, 0.29) is 5.57 Å². The van der Waals surface area contributed by atoms with Gasteiger partial charge in [0.1, 0.15) is 17.4 Å². The lowest BCUT2D eigenvalue weighted by Gasteiger charge is -2.12. The molecule has 1 amide bonds. The summed E-state index contributed by atoms with van der Waals surface area (Å²) >= 11 is 7.23. The first kappa shape index (κ1) is 18.7. The van der Waals surface area contributed by atoms with E-state index >= 15 is 0 Å². The number of methoxy groups -OCH3 is 1. The summed E-state index contributed by atoms with van der Waals surface area (Å²) in [5.74, 6) is 0.188. The van der Waals surface area contributed by atoms with Crippen molar-refractivity contribution in [3.8, 4) is 11.8 Å². The average Bonchev–Trinajstić information content (AvgIpc) is 2.62. The van der Waals surface area contributed by atoms with Crippen LogP contribution in [0.25, 0.3) is 0 Å². The van der Waals surface area contributed by atoms with E-state index in [0.717, 1.165) is 0 Å². The van der Waals surface area contributed by atoms with E-state index < -0.39 is 5.91 Å². The summed E-state index contributed by atoms with van der Waals surface area (Å²) < 4.78 is 5.08. The van der Waals surface area contributed by atoms with Crippen LogP contribution in [0.4, 0.5) is 11.4 Å². The number of halogens is 1. The molecule has 0 atom stereocenters. The second kappa shape index (κ2) is 9.02. The normalized spacial score (nSPS) is 11.1. The molecule has 0 aromatic heterocycles. The van der Waals surface area contributed by atoms with Crippen molar-refractivity contribution in [2.75, 3.05) is 24.0 Å². The minimum atomic E-state index is -0.494. The number of nitriles is 1. The summed E-state index contributed by atoms with van der Waals surface area (Å²) in [5, 5.41) is 16.2.